The van der Waals surface area contributed by atoms with Gasteiger partial charge in [-0.2, -0.15) is 0 Å². The fourth-order valence-electron chi connectivity index (χ4n) is 7.65. The number of hydrogen-bond acceptors (Lipinski definition) is 9. The van der Waals surface area contributed by atoms with Crippen molar-refractivity contribution in [1.29, 1.82) is 0 Å². The molecule has 0 radical (unpaired) electrons. The molecular weight excluding hydrogens is 695 g/mol. The third-order valence-electron chi connectivity index (χ3n) is 13.1. The van der Waals surface area contributed by atoms with Crippen LogP contribution in [0.25, 0.3) is 0 Å². The van der Waals surface area contributed by atoms with Crippen molar-refractivity contribution < 1.29 is 42.5 Å². The van der Waals surface area contributed by atoms with Crippen LogP contribution in [0, 0.1) is 5.92 Å². The van der Waals surface area contributed by atoms with E-state index in [9.17, 15) is 14.7 Å². The zero-order valence-electron chi connectivity index (χ0n) is 34.0. The number of amides is 2. The maximum atomic E-state index is 14.0. The van der Waals surface area contributed by atoms with Gasteiger partial charge in [0.1, 0.15) is 18.8 Å². The monoisotopic (exact) mass is 761 g/mol. The minimum Gasteiger partial charge on any atom is -0.447 e. The number of hydrogen-bond donors (Lipinski definition) is 1. The molecule has 1 aromatic rings. The first-order chi connectivity index (χ1) is 24.0. The van der Waals surface area contributed by atoms with Crippen LogP contribution >= 0.6 is 0 Å². The quantitative estimate of drug-likeness (QED) is 0.224. The topological polar surface area (TPSA) is 113 Å². The highest BCUT2D eigenvalue weighted by atomic mass is 28.4. The largest absolute Gasteiger partial charge is 0.447 e. The lowest BCUT2D eigenvalue weighted by Gasteiger charge is -2.47. The van der Waals surface area contributed by atoms with E-state index >= 15 is 0 Å². The average Bonchev–Trinajstić information content (AvgIpc) is 3.71. The number of cyclic esters (lactones) is 1. The lowest BCUT2D eigenvalue weighted by molar-refractivity contribution is -0.289. The van der Waals surface area contributed by atoms with Gasteiger partial charge in [0.2, 0.25) is 5.91 Å². The van der Waals surface area contributed by atoms with Gasteiger partial charge in [-0.1, -0.05) is 78.8 Å². The molecule has 1 N–H and O–H groups in total. The standard InChI is InChI=1S/C40H67NO9Si2/c1-27(35(43)41-29(25-45-36(41)44)23-28-17-14-13-15-18-28)31-19-16-21-40(48-31)22-20-32(49-40)34(50-52(11,12)38(5,6)7)39(8)24-30(42)33(47-39)26-46-51(9,10)37(2,3)4/h13-15,17-18,27,29-34,42H,16,19-26H2,1-12H3/t27-,29-,30+,31+,32+,33-,34+,39-,40+/m1/s1. The molecule has 0 aliphatic carbocycles. The van der Waals surface area contributed by atoms with Gasteiger partial charge in [0, 0.05) is 19.3 Å². The Bertz CT molecular complexity index is 1410. The summed E-state index contributed by atoms with van der Waals surface area (Å²) < 4.78 is 39.8. The average molecular weight is 762 g/mol. The number of carbonyl (C=O) groups is 2. The van der Waals surface area contributed by atoms with Crippen molar-refractivity contribution in [2.24, 2.45) is 5.92 Å². The van der Waals surface area contributed by atoms with Crippen LogP contribution in [-0.2, 0) is 39.0 Å². The molecule has 4 saturated heterocycles. The number of aliphatic hydroxyl groups is 1. The number of nitrogens with zero attached hydrogens (tertiary/aromatic N) is 1. The Morgan fingerprint density at radius 3 is 2.23 bits per heavy atom. The summed E-state index contributed by atoms with van der Waals surface area (Å²) >= 11 is 0. The Balaban J connectivity index is 1.31. The van der Waals surface area contributed by atoms with Crippen LogP contribution < -0.4 is 0 Å². The third kappa shape index (κ3) is 8.74. The number of rotatable bonds is 11. The van der Waals surface area contributed by atoms with Crippen LogP contribution in [0.5, 0.6) is 0 Å². The molecule has 5 rings (SSSR count). The lowest BCUT2D eigenvalue weighted by Crippen LogP contribution is -2.57. The molecule has 1 spiro atoms. The molecule has 0 unspecified atom stereocenters. The van der Waals surface area contributed by atoms with Crippen molar-refractivity contribution in [2.45, 2.75) is 185 Å². The van der Waals surface area contributed by atoms with E-state index in [1.807, 2.05) is 37.3 Å². The third-order valence-corrected chi connectivity index (χ3v) is 22.1. The van der Waals surface area contributed by atoms with Crippen molar-refractivity contribution >= 4 is 28.6 Å². The number of aliphatic hydroxyl groups excluding tert-OH is 1. The minimum atomic E-state index is -2.33. The summed E-state index contributed by atoms with van der Waals surface area (Å²) in [5.41, 5.74) is 0.235. The van der Waals surface area contributed by atoms with Crippen molar-refractivity contribution in [3.8, 4) is 0 Å². The highest BCUT2D eigenvalue weighted by Crippen LogP contribution is 2.49. The van der Waals surface area contributed by atoms with E-state index in [0.29, 0.717) is 45.1 Å². The van der Waals surface area contributed by atoms with Gasteiger partial charge >= 0.3 is 6.09 Å². The maximum absolute atomic E-state index is 14.0. The second-order valence-corrected chi connectivity index (χ2v) is 28.7. The van der Waals surface area contributed by atoms with Crippen LogP contribution in [-0.4, -0.2) is 99.8 Å². The van der Waals surface area contributed by atoms with Gasteiger partial charge in [-0.25, -0.2) is 9.69 Å². The number of ether oxygens (including phenoxy) is 4. The molecule has 4 fully saturated rings. The Labute approximate surface area is 314 Å². The van der Waals surface area contributed by atoms with Crippen LogP contribution in [0.1, 0.15) is 99.5 Å². The Morgan fingerprint density at radius 2 is 1.60 bits per heavy atom. The first-order valence-electron chi connectivity index (χ1n) is 19.5. The van der Waals surface area contributed by atoms with E-state index in [-0.39, 0.29) is 34.7 Å². The van der Waals surface area contributed by atoms with E-state index < -0.39 is 64.4 Å². The Kier molecular flexibility index (Phi) is 12.1. The highest BCUT2D eigenvalue weighted by molar-refractivity contribution is 6.74. The second kappa shape index (κ2) is 15.1. The van der Waals surface area contributed by atoms with Crippen molar-refractivity contribution in [3.63, 3.8) is 0 Å². The molecule has 294 valence electrons. The summed E-state index contributed by atoms with van der Waals surface area (Å²) in [5, 5.41) is 11.4. The summed E-state index contributed by atoms with van der Waals surface area (Å²) in [6.07, 6.45) is 1.61. The van der Waals surface area contributed by atoms with Crippen molar-refractivity contribution in [3.05, 3.63) is 35.9 Å². The van der Waals surface area contributed by atoms with Gasteiger partial charge in [-0.3, -0.25) is 4.79 Å². The molecule has 12 heteroatoms. The minimum absolute atomic E-state index is 0.0431. The molecule has 52 heavy (non-hydrogen) atoms. The highest BCUT2D eigenvalue weighted by Gasteiger charge is 2.58. The fourth-order valence-corrected chi connectivity index (χ4v) is 10.0. The number of imide groups is 1. The molecule has 0 aromatic heterocycles. The summed E-state index contributed by atoms with van der Waals surface area (Å²) in [4.78, 5) is 28.1. The smallest absolute Gasteiger partial charge is 0.416 e. The van der Waals surface area contributed by atoms with Gasteiger partial charge in [-0.15, -0.1) is 0 Å². The second-order valence-electron chi connectivity index (χ2n) is 19.2. The van der Waals surface area contributed by atoms with Gasteiger partial charge < -0.3 is 32.9 Å². The van der Waals surface area contributed by atoms with E-state index in [4.69, 9.17) is 27.8 Å². The van der Waals surface area contributed by atoms with Crippen molar-refractivity contribution in [2.75, 3.05) is 13.2 Å². The van der Waals surface area contributed by atoms with Crippen LogP contribution in [0.4, 0.5) is 4.79 Å². The normalized spacial score (nSPS) is 33.1. The molecule has 4 aliphatic heterocycles. The van der Waals surface area contributed by atoms with E-state index in [0.717, 1.165) is 12.0 Å². The molecule has 0 bridgehead atoms. The summed E-state index contributed by atoms with van der Waals surface area (Å²) in [5.74, 6) is -1.70. The first kappa shape index (κ1) is 41.5. The molecule has 4 aliphatic rings. The van der Waals surface area contributed by atoms with E-state index in [1.165, 1.54) is 4.90 Å². The summed E-state index contributed by atoms with van der Waals surface area (Å²) in [7, 11) is -4.39. The van der Waals surface area contributed by atoms with Gasteiger partial charge in [0.05, 0.1) is 42.5 Å². The zero-order valence-corrected chi connectivity index (χ0v) is 36.0. The molecule has 9 atom stereocenters. The molecular formula is C40H67NO9Si2. The molecule has 1 aromatic carbocycles. The SMILES string of the molecule is C[C@@H](C(=O)N1C(=O)OC[C@H]1Cc1ccccc1)[C@@H]1CCC[C@]2(CC[C@@H]([C@H](O[Si](C)(C)C(C)(C)C)[C@@]3(C)C[C@H](O)[C@@H](CO[Si](C)(C)C(C)(C)C)O3)O2)O1. The molecule has 4 heterocycles. The number of benzene rings is 1. The fraction of sp³-hybridized carbons (Fsp3) is 0.800. The van der Waals surface area contributed by atoms with Crippen molar-refractivity contribution in [1.82, 2.24) is 4.90 Å². The Morgan fingerprint density at radius 1 is 0.962 bits per heavy atom. The summed E-state index contributed by atoms with van der Waals surface area (Å²) in [6.45, 7) is 26.7. The molecule has 10 nitrogen and oxygen atoms in total. The van der Waals surface area contributed by atoms with Gasteiger partial charge in [-0.05, 0) is 74.4 Å². The van der Waals surface area contributed by atoms with Crippen LogP contribution in [0.15, 0.2) is 30.3 Å². The molecule has 0 saturated carbocycles. The van der Waals surface area contributed by atoms with Crippen LogP contribution in [0.3, 0.4) is 0 Å². The first-order valence-corrected chi connectivity index (χ1v) is 25.4. The van der Waals surface area contributed by atoms with Gasteiger partial charge in [0.25, 0.3) is 0 Å². The Hall–Kier alpha value is -1.65. The predicted octanol–water partition coefficient (Wildman–Crippen LogP) is 7.98. The summed E-state index contributed by atoms with van der Waals surface area (Å²) in [6, 6.07) is 9.50. The number of carbonyl (C=O) groups excluding carboxylic acids is 2. The van der Waals surface area contributed by atoms with E-state index in [1.54, 1.807) is 0 Å². The predicted molar refractivity (Wildman–Crippen MR) is 206 cm³/mol. The van der Waals surface area contributed by atoms with E-state index in [2.05, 4.69) is 74.7 Å². The van der Waals surface area contributed by atoms with Gasteiger partial charge in [0.15, 0.2) is 22.4 Å². The lowest BCUT2D eigenvalue weighted by atomic mass is 9.89. The molecule has 2 amide bonds. The maximum Gasteiger partial charge on any atom is 0.416 e. The zero-order chi connectivity index (χ0) is 38.5. The van der Waals surface area contributed by atoms with Crippen LogP contribution in [0.2, 0.25) is 36.3 Å².